The van der Waals surface area contributed by atoms with Crippen molar-refractivity contribution in [1.82, 2.24) is 4.98 Å². The fourth-order valence-electron chi connectivity index (χ4n) is 1.29. The van der Waals surface area contributed by atoms with Crippen molar-refractivity contribution in [3.8, 4) is 0 Å². The first-order valence-electron chi connectivity index (χ1n) is 4.37. The highest BCUT2D eigenvalue weighted by Crippen LogP contribution is 2.20. The summed E-state index contributed by atoms with van der Waals surface area (Å²) in [7, 11) is 0. The summed E-state index contributed by atoms with van der Waals surface area (Å²) in [4.78, 5) is 6.66. The van der Waals surface area contributed by atoms with E-state index in [4.69, 9.17) is 10.5 Å². The maximum atomic E-state index is 5.49. The van der Waals surface area contributed by atoms with Crippen LogP contribution in [0.4, 0.5) is 5.13 Å². The number of ether oxygens (including phenoxy) is 1. The van der Waals surface area contributed by atoms with Crippen LogP contribution in [-0.4, -0.2) is 31.3 Å². The summed E-state index contributed by atoms with van der Waals surface area (Å²) in [6.07, 6.45) is 0. The number of halogens is 2. The van der Waals surface area contributed by atoms with Crippen LogP contribution in [0.1, 0.15) is 5.69 Å². The lowest BCUT2D eigenvalue weighted by atomic mass is 10.4. The summed E-state index contributed by atoms with van der Waals surface area (Å²) in [6, 6.07) is 0. The zero-order valence-corrected chi connectivity index (χ0v) is 10.7. The molecule has 1 aromatic heterocycles. The summed E-state index contributed by atoms with van der Waals surface area (Å²) < 4.78 is 5.26. The molecule has 2 heterocycles. The maximum Gasteiger partial charge on any atom is 0.185 e. The largest absolute Gasteiger partial charge is 0.378 e. The van der Waals surface area contributed by atoms with Crippen LogP contribution < -0.4 is 10.6 Å². The van der Waals surface area contributed by atoms with Crippen molar-refractivity contribution in [3.05, 3.63) is 11.1 Å². The van der Waals surface area contributed by atoms with Crippen molar-refractivity contribution >= 4 is 41.3 Å². The summed E-state index contributed by atoms with van der Waals surface area (Å²) in [5, 5.41) is 3.09. The molecule has 0 radical (unpaired) electrons. The Morgan fingerprint density at radius 1 is 1.40 bits per heavy atom. The Kier molecular flexibility index (Phi) is 7.21. The third kappa shape index (κ3) is 3.77. The molecule has 4 nitrogen and oxygen atoms in total. The van der Waals surface area contributed by atoms with Crippen LogP contribution in [0.25, 0.3) is 0 Å². The van der Waals surface area contributed by atoms with Crippen molar-refractivity contribution in [3.63, 3.8) is 0 Å². The van der Waals surface area contributed by atoms with Gasteiger partial charge < -0.3 is 15.4 Å². The number of morpholine rings is 1. The molecule has 1 saturated heterocycles. The van der Waals surface area contributed by atoms with Crippen molar-refractivity contribution in [2.75, 3.05) is 31.2 Å². The fraction of sp³-hybridized carbons (Fsp3) is 0.625. The summed E-state index contributed by atoms with van der Waals surface area (Å²) in [5.41, 5.74) is 6.47. The van der Waals surface area contributed by atoms with Crippen LogP contribution in [0.3, 0.4) is 0 Å². The quantitative estimate of drug-likeness (QED) is 0.881. The topological polar surface area (TPSA) is 51.4 Å². The highest BCUT2D eigenvalue weighted by atomic mass is 35.5. The molecule has 0 bridgehead atoms. The Bertz CT molecular complexity index is 279. The van der Waals surface area contributed by atoms with Crippen LogP contribution in [-0.2, 0) is 11.3 Å². The SMILES string of the molecule is Cl.Cl.NCc1csc(N2CCOCC2)n1. The second-order valence-electron chi connectivity index (χ2n) is 2.92. The first-order chi connectivity index (χ1) is 6.40. The van der Waals surface area contributed by atoms with Crippen molar-refractivity contribution in [1.29, 1.82) is 0 Å². The highest BCUT2D eigenvalue weighted by molar-refractivity contribution is 7.13. The fourth-order valence-corrected chi connectivity index (χ4v) is 2.18. The number of nitrogens with two attached hydrogens (primary N) is 1. The Balaban J connectivity index is 0.000000980. The smallest absolute Gasteiger partial charge is 0.185 e. The molecule has 0 atom stereocenters. The van der Waals surface area contributed by atoms with Gasteiger partial charge in [-0.1, -0.05) is 0 Å². The van der Waals surface area contributed by atoms with E-state index in [9.17, 15) is 0 Å². The number of rotatable bonds is 2. The summed E-state index contributed by atoms with van der Waals surface area (Å²) in [5.74, 6) is 0. The average Bonchev–Trinajstić information content (AvgIpc) is 2.67. The van der Waals surface area contributed by atoms with Crippen LogP contribution in [0.5, 0.6) is 0 Å². The molecule has 15 heavy (non-hydrogen) atoms. The second-order valence-corrected chi connectivity index (χ2v) is 3.76. The van der Waals surface area contributed by atoms with Gasteiger partial charge in [0.15, 0.2) is 5.13 Å². The minimum Gasteiger partial charge on any atom is -0.378 e. The minimum absolute atomic E-state index is 0. The first-order valence-corrected chi connectivity index (χ1v) is 5.25. The first kappa shape index (κ1) is 14.9. The molecule has 88 valence electrons. The van der Waals surface area contributed by atoms with E-state index in [1.54, 1.807) is 11.3 Å². The van der Waals surface area contributed by atoms with Gasteiger partial charge in [0, 0.05) is 25.0 Å². The van der Waals surface area contributed by atoms with Gasteiger partial charge in [-0.3, -0.25) is 0 Å². The van der Waals surface area contributed by atoms with Gasteiger partial charge in [-0.2, -0.15) is 0 Å². The number of hydrogen-bond acceptors (Lipinski definition) is 5. The van der Waals surface area contributed by atoms with Gasteiger partial charge in [0.2, 0.25) is 0 Å². The zero-order chi connectivity index (χ0) is 9.10. The predicted octanol–water partition coefficient (Wildman–Crippen LogP) is 1.28. The molecule has 2 N–H and O–H groups in total. The van der Waals surface area contributed by atoms with Gasteiger partial charge in [0.1, 0.15) is 0 Å². The Morgan fingerprint density at radius 2 is 2.07 bits per heavy atom. The lowest BCUT2D eigenvalue weighted by molar-refractivity contribution is 0.122. The van der Waals surface area contributed by atoms with E-state index in [1.165, 1.54) is 0 Å². The van der Waals surface area contributed by atoms with Gasteiger partial charge >= 0.3 is 0 Å². The van der Waals surface area contributed by atoms with Crippen LogP contribution in [0.2, 0.25) is 0 Å². The Hall–Kier alpha value is -0.0700. The van der Waals surface area contributed by atoms with E-state index >= 15 is 0 Å². The third-order valence-electron chi connectivity index (χ3n) is 2.03. The molecule has 2 rings (SSSR count). The van der Waals surface area contributed by atoms with E-state index in [0.29, 0.717) is 6.54 Å². The van der Waals surface area contributed by atoms with Crippen LogP contribution >= 0.6 is 36.2 Å². The van der Waals surface area contributed by atoms with Gasteiger partial charge in [-0.05, 0) is 0 Å². The van der Waals surface area contributed by atoms with Crippen LogP contribution in [0.15, 0.2) is 5.38 Å². The van der Waals surface area contributed by atoms with E-state index < -0.39 is 0 Å². The molecule has 0 amide bonds. The molecule has 0 aliphatic carbocycles. The molecular formula is C8H15Cl2N3OS. The Morgan fingerprint density at radius 3 is 2.60 bits per heavy atom. The standard InChI is InChI=1S/C8H13N3OS.2ClH/c9-5-7-6-13-8(10-7)11-1-3-12-4-2-11;;/h6H,1-5,9H2;2*1H. The molecule has 7 heteroatoms. The van der Waals surface area contributed by atoms with Gasteiger partial charge in [0.25, 0.3) is 0 Å². The number of aromatic nitrogens is 1. The molecule has 1 aliphatic heterocycles. The lowest BCUT2D eigenvalue weighted by Gasteiger charge is -2.25. The zero-order valence-electron chi connectivity index (χ0n) is 8.22. The Labute approximate surface area is 106 Å². The molecule has 0 aromatic carbocycles. The van der Waals surface area contributed by atoms with E-state index in [0.717, 1.165) is 37.1 Å². The number of nitrogens with zero attached hydrogens (tertiary/aromatic N) is 2. The lowest BCUT2D eigenvalue weighted by Crippen LogP contribution is -2.36. The molecule has 0 unspecified atom stereocenters. The van der Waals surface area contributed by atoms with Gasteiger partial charge in [0.05, 0.1) is 18.9 Å². The van der Waals surface area contributed by atoms with Crippen LogP contribution in [0, 0.1) is 0 Å². The molecular weight excluding hydrogens is 257 g/mol. The van der Waals surface area contributed by atoms with E-state index in [-0.39, 0.29) is 24.8 Å². The molecule has 0 saturated carbocycles. The molecule has 1 aromatic rings. The summed E-state index contributed by atoms with van der Waals surface area (Å²) in [6.45, 7) is 4.02. The minimum atomic E-state index is 0. The van der Waals surface area contributed by atoms with E-state index in [1.807, 2.05) is 5.38 Å². The maximum absolute atomic E-state index is 5.49. The molecule has 1 fully saturated rings. The van der Waals surface area contributed by atoms with Crippen molar-refractivity contribution in [2.45, 2.75) is 6.54 Å². The van der Waals surface area contributed by atoms with Gasteiger partial charge in [-0.15, -0.1) is 36.2 Å². The van der Waals surface area contributed by atoms with Crippen molar-refractivity contribution < 1.29 is 4.74 Å². The van der Waals surface area contributed by atoms with E-state index in [2.05, 4.69) is 9.88 Å². The third-order valence-corrected chi connectivity index (χ3v) is 2.98. The number of anilines is 1. The van der Waals surface area contributed by atoms with Crippen molar-refractivity contribution in [2.24, 2.45) is 5.73 Å². The van der Waals surface area contributed by atoms with Gasteiger partial charge in [-0.25, -0.2) is 4.98 Å². The molecule has 1 aliphatic rings. The summed E-state index contributed by atoms with van der Waals surface area (Å²) >= 11 is 1.66. The molecule has 0 spiro atoms. The average molecular weight is 272 g/mol. The predicted molar refractivity (Wildman–Crippen MR) is 67.5 cm³/mol. The highest BCUT2D eigenvalue weighted by Gasteiger charge is 2.13. The second kappa shape index (κ2) is 7.24. The normalized spacial score (nSPS) is 15.4. The monoisotopic (exact) mass is 271 g/mol. The number of hydrogen-bond donors (Lipinski definition) is 1. The number of thiazole rings is 1.